The minimum Gasteiger partial charge on any atom is -0.463 e. The van der Waals surface area contributed by atoms with Crippen molar-refractivity contribution in [2.75, 3.05) is 13.2 Å². The lowest BCUT2D eigenvalue weighted by Crippen LogP contribution is -2.63. The van der Waals surface area contributed by atoms with Gasteiger partial charge in [0.05, 0.1) is 13.2 Å². The van der Waals surface area contributed by atoms with E-state index in [2.05, 4.69) is 0 Å². The quantitative estimate of drug-likeness (QED) is 0.229. The molecule has 2 aromatic rings. The summed E-state index contributed by atoms with van der Waals surface area (Å²) in [5, 5.41) is 11.2. The van der Waals surface area contributed by atoms with Crippen LogP contribution < -0.4 is 0 Å². The zero-order valence-electron chi connectivity index (χ0n) is 27.3. The average molecular weight is 675 g/mol. The Morgan fingerprint density at radius 1 is 0.646 bits per heavy atom. The minimum atomic E-state index is -1.51. The third-order valence-corrected chi connectivity index (χ3v) is 7.49. The Kier molecular flexibility index (Phi) is 13.8. The van der Waals surface area contributed by atoms with Crippen LogP contribution in [0, 0.1) is 0 Å². The maximum Gasteiger partial charge on any atom is 0.303 e. The fourth-order valence-electron chi connectivity index (χ4n) is 5.45. The number of esters is 4. The van der Waals surface area contributed by atoms with Crippen LogP contribution in [-0.4, -0.2) is 97.5 Å². The van der Waals surface area contributed by atoms with E-state index in [0.29, 0.717) is 0 Å². The lowest BCUT2D eigenvalue weighted by atomic mass is 9.97. The van der Waals surface area contributed by atoms with Crippen LogP contribution in [0.1, 0.15) is 45.2 Å². The maximum absolute atomic E-state index is 12.1. The number of rotatable bonds is 14. The molecule has 2 fully saturated rings. The van der Waals surface area contributed by atoms with Crippen LogP contribution in [0.25, 0.3) is 0 Å². The summed E-state index contributed by atoms with van der Waals surface area (Å²) in [6, 6.07) is 18.6. The summed E-state index contributed by atoms with van der Waals surface area (Å²) < 4.78 is 52.5. The van der Waals surface area contributed by atoms with Crippen molar-refractivity contribution in [1.82, 2.24) is 0 Å². The molecule has 2 aromatic carbocycles. The van der Waals surface area contributed by atoms with Gasteiger partial charge in [0.15, 0.2) is 18.7 Å². The summed E-state index contributed by atoms with van der Waals surface area (Å²) in [6.07, 6.45) is -10.4. The van der Waals surface area contributed by atoms with Gasteiger partial charge in [-0.15, -0.1) is 0 Å². The van der Waals surface area contributed by atoms with Crippen LogP contribution in [0.5, 0.6) is 0 Å². The van der Waals surface area contributed by atoms with Crippen molar-refractivity contribution in [2.45, 2.75) is 103 Å². The van der Waals surface area contributed by atoms with E-state index in [1.165, 1.54) is 27.7 Å². The van der Waals surface area contributed by atoms with Gasteiger partial charge >= 0.3 is 23.9 Å². The van der Waals surface area contributed by atoms with Crippen molar-refractivity contribution < 1.29 is 66.9 Å². The molecule has 2 heterocycles. The molecule has 9 atom stereocenters. The molecule has 14 heteroatoms. The molecule has 0 spiro atoms. The van der Waals surface area contributed by atoms with Gasteiger partial charge in [0.25, 0.3) is 0 Å². The number of aliphatic hydroxyl groups excluding tert-OH is 1. The van der Waals surface area contributed by atoms with Gasteiger partial charge in [-0.3, -0.25) is 19.2 Å². The zero-order valence-corrected chi connectivity index (χ0v) is 27.3. The second-order valence-electron chi connectivity index (χ2n) is 11.4. The zero-order chi connectivity index (χ0) is 34.6. The first-order valence-electron chi connectivity index (χ1n) is 15.6. The van der Waals surface area contributed by atoms with E-state index in [9.17, 15) is 24.3 Å². The van der Waals surface area contributed by atoms with E-state index < -0.39 is 79.2 Å². The van der Waals surface area contributed by atoms with E-state index in [1.54, 1.807) is 0 Å². The molecule has 0 aliphatic carbocycles. The molecule has 0 radical (unpaired) electrons. The van der Waals surface area contributed by atoms with Crippen molar-refractivity contribution in [2.24, 2.45) is 0 Å². The van der Waals surface area contributed by atoms with E-state index in [-0.39, 0.29) is 32.8 Å². The normalized spacial score (nSPS) is 28.6. The molecule has 14 nitrogen and oxygen atoms in total. The summed E-state index contributed by atoms with van der Waals surface area (Å²) in [4.78, 5) is 47.6. The number of carbonyl (C=O) groups excluding carboxylic acids is 4. The highest BCUT2D eigenvalue weighted by Crippen LogP contribution is 2.34. The van der Waals surface area contributed by atoms with Crippen molar-refractivity contribution in [1.29, 1.82) is 0 Å². The largest absolute Gasteiger partial charge is 0.463 e. The Labute approximate surface area is 278 Å². The lowest BCUT2D eigenvalue weighted by molar-refractivity contribution is -0.348. The highest BCUT2D eigenvalue weighted by atomic mass is 16.7. The van der Waals surface area contributed by atoms with Gasteiger partial charge in [0, 0.05) is 34.1 Å². The third kappa shape index (κ3) is 11.1. The van der Waals surface area contributed by atoms with E-state index in [1.807, 2.05) is 60.7 Å². The first-order chi connectivity index (χ1) is 23.0. The molecule has 262 valence electrons. The smallest absolute Gasteiger partial charge is 0.303 e. The Morgan fingerprint density at radius 3 is 1.65 bits per heavy atom. The second-order valence-corrected chi connectivity index (χ2v) is 11.4. The van der Waals surface area contributed by atoms with Gasteiger partial charge in [-0.1, -0.05) is 60.7 Å². The predicted octanol–water partition coefficient (Wildman–Crippen LogP) is 2.36. The summed E-state index contributed by atoms with van der Waals surface area (Å²) in [5.41, 5.74) is 1.65. The maximum atomic E-state index is 12.1. The summed E-state index contributed by atoms with van der Waals surface area (Å²) in [5.74, 6) is -2.53. The van der Waals surface area contributed by atoms with E-state index in [4.69, 9.17) is 42.6 Å². The minimum absolute atomic E-state index is 0.0920. The molecule has 0 saturated carbocycles. The van der Waals surface area contributed by atoms with Gasteiger partial charge in [-0.25, -0.2) is 0 Å². The SMILES string of the molecule is CC(=O)OC[C@H]1O[C@H](O[C@H]2[C@H](OCc3ccccc3)[C@@H](OCc3ccccc3)[C@@H](O)O[C@@H]2COC(C)=O)C[C@@H](OC(C)=O)[C@@H]1OC(C)=O. The standard InChI is InChI=1S/C34H42O14/c1-20(35)40-18-27-30(45-23(4)38)26(44-22(3)37)15-29(46-27)48-31-28(19-41-21(2)36)47-34(39)33(43-17-25-13-9-6-10-14-25)32(31)42-16-24-11-7-5-8-12-24/h5-14,26-34,39H,15-19H2,1-4H3/t26-,27-,28-,29-,30+,31-,32+,33-,34+/m1/s1. The van der Waals surface area contributed by atoms with Gasteiger partial charge in [0.2, 0.25) is 0 Å². The molecule has 48 heavy (non-hydrogen) atoms. The number of aliphatic hydroxyl groups is 1. The predicted molar refractivity (Wildman–Crippen MR) is 163 cm³/mol. The first-order valence-corrected chi connectivity index (χ1v) is 15.6. The van der Waals surface area contributed by atoms with Crippen molar-refractivity contribution in [3.8, 4) is 0 Å². The van der Waals surface area contributed by atoms with Crippen LogP contribution >= 0.6 is 0 Å². The molecule has 0 unspecified atom stereocenters. The van der Waals surface area contributed by atoms with Crippen LogP contribution in [0.15, 0.2) is 60.7 Å². The lowest BCUT2D eigenvalue weighted by Gasteiger charge is -2.47. The van der Waals surface area contributed by atoms with Crippen molar-refractivity contribution >= 4 is 23.9 Å². The first kappa shape index (κ1) is 36.9. The van der Waals surface area contributed by atoms with Crippen molar-refractivity contribution in [3.63, 3.8) is 0 Å². The monoisotopic (exact) mass is 674 g/mol. The number of hydrogen-bond donors (Lipinski definition) is 1. The summed E-state index contributed by atoms with van der Waals surface area (Å²) in [7, 11) is 0. The Bertz CT molecular complexity index is 1340. The van der Waals surface area contributed by atoms with E-state index in [0.717, 1.165) is 11.1 Å². The highest BCUT2D eigenvalue weighted by molar-refractivity contribution is 5.68. The number of carbonyl (C=O) groups is 4. The summed E-state index contributed by atoms with van der Waals surface area (Å²) >= 11 is 0. The fourth-order valence-corrected chi connectivity index (χ4v) is 5.45. The Morgan fingerprint density at radius 2 is 1.15 bits per heavy atom. The average Bonchev–Trinajstić information content (AvgIpc) is 3.04. The number of ether oxygens (including phenoxy) is 9. The molecule has 1 N–H and O–H groups in total. The van der Waals surface area contributed by atoms with Gasteiger partial charge in [0.1, 0.15) is 49.8 Å². The molecule has 0 amide bonds. The van der Waals surface area contributed by atoms with Gasteiger partial charge in [-0.05, 0) is 11.1 Å². The van der Waals surface area contributed by atoms with Gasteiger partial charge < -0.3 is 47.7 Å². The van der Waals surface area contributed by atoms with Gasteiger partial charge in [-0.2, -0.15) is 0 Å². The highest BCUT2D eigenvalue weighted by Gasteiger charge is 2.51. The molecule has 2 aliphatic rings. The Balaban J connectivity index is 1.66. The molecule has 0 aromatic heterocycles. The molecule has 0 bridgehead atoms. The molecule has 2 saturated heterocycles. The van der Waals surface area contributed by atoms with E-state index >= 15 is 0 Å². The van der Waals surface area contributed by atoms with Crippen LogP contribution in [0.3, 0.4) is 0 Å². The third-order valence-electron chi connectivity index (χ3n) is 7.49. The van der Waals surface area contributed by atoms with Crippen LogP contribution in [0.4, 0.5) is 0 Å². The number of benzene rings is 2. The number of hydrogen-bond acceptors (Lipinski definition) is 14. The molecular formula is C34H42O14. The molecule has 4 rings (SSSR count). The topological polar surface area (TPSA) is 172 Å². The Hall–Kier alpha value is -3.92. The fraction of sp³-hybridized carbons (Fsp3) is 0.529. The summed E-state index contributed by atoms with van der Waals surface area (Å²) in [6.45, 7) is 4.34. The van der Waals surface area contributed by atoms with Crippen LogP contribution in [0.2, 0.25) is 0 Å². The molecular weight excluding hydrogens is 632 g/mol. The van der Waals surface area contributed by atoms with Crippen molar-refractivity contribution in [3.05, 3.63) is 71.8 Å². The second kappa shape index (κ2) is 18.0. The van der Waals surface area contributed by atoms with Crippen LogP contribution in [-0.2, 0) is 75.0 Å². The molecule has 2 aliphatic heterocycles.